The Kier molecular flexibility index (Phi) is 26.0. The molecule has 2 amide bonds. The summed E-state index contributed by atoms with van der Waals surface area (Å²) in [6.07, 6.45) is 1.82. The molecule has 0 aliphatic heterocycles. The molecule has 0 aliphatic rings. The normalized spacial score (nSPS) is 10.4. The third kappa shape index (κ3) is 44.8. The summed E-state index contributed by atoms with van der Waals surface area (Å²) in [7, 11) is 10.8. The highest BCUT2D eigenvalue weighted by molar-refractivity contribution is 5.76. The SMILES string of the molecule is CC(C)CC(=O)N(C)C.CN(C)CC(C)(C)C.CNC(=O)CC(C)C.COC(=O)CC(C)C. The van der Waals surface area contributed by atoms with Crippen LogP contribution in [0.2, 0.25) is 0 Å². The van der Waals surface area contributed by atoms with Gasteiger partial charge in [0.1, 0.15) is 0 Å². The molecule has 0 radical (unpaired) electrons. The van der Waals surface area contributed by atoms with Crippen LogP contribution in [-0.2, 0) is 19.1 Å². The molecule has 0 atom stereocenters. The van der Waals surface area contributed by atoms with Gasteiger partial charge in [-0.05, 0) is 37.3 Å². The van der Waals surface area contributed by atoms with Gasteiger partial charge in [-0.15, -0.1) is 0 Å². The number of carbonyl (C=O) groups is 3. The van der Waals surface area contributed by atoms with Crippen molar-refractivity contribution in [1.29, 1.82) is 0 Å². The highest BCUT2D eigenvalue weighted by atomic mass is 16.5. The third-order valence-corrected chi connectivity index (χ3v) is 3.55. The summed E-state index contributed by atoms with van der Waals surface area (Å²) in [5.74, 6) is 1.56. The lowest BCUT2D eigenvalue weighted by molar-refractivity contribution is -0.141. The fourth-order valence-corrected chi connectivity index (χ4v) is 2.37. The molecule has 7 nitrogen and oxygen atoms in total. The van der Waals surface area contributed by atoms with Gasteiger partial charge in [0.15, 0.2) is 0 Å². The lowest BCUT2D eigenvalue weighted by Gasteiger charge is -2.22. The number of nitrogens with one attached hydrogen (secondary N) is 1. The van der Waals surface area contributed by atoms with Gasteiger partial charge in [-0.3, -0.25) is 14.4 Å². The van der Waals surface area contributed by atoms with E-state index in [0.29, 0.717) is 42.4 Å². The maximum atomic E-state index is 10.9. The van der Waals surface area contributed by atoms with E-state index in [-0.39, 0.29) is 17.8 Å². The summed E-state index contributed by atoms with van der Waals surface area (Å²) in [4.78, 5) is 35.6. The minimum Gasteiger partial charge on any atom is -0.469 e. The molecule has 0 aliphatic carbocycles. The number of nitrogens with zero attached hydrogens (tertiary/aromatic N) is 2. The van der Waals surface area contributed by atoms with E-state index in [4.69, 9.17) is 0 Å². The van der Waals surface area contributed by atoms with E-state index in [2.05, 4.69) is 49.8 Å². The summed E-state index contributed by atoms with van der Waals surface area (Å²) < 4.78 is 4.42. The van der Waals surface area contributed by atoms with Crippen LogP contribution in [0.25, 0.3) is 0 Å². The second-order valence-corrected chi connectivity index (χ2v) is 11.1. The average Bonchev–Trinajstić information content (AvgIpc) is 2.59. The smallest absolute Gasteiger partial charge is 0.305 e. The number of hydrogen-bond donors (Lipinski definition) is 1. The van der Waals surface area contributed by atoms with E-state index in [9.17, 15) is 14.4 Å². The maximum Gasteiger partial charge on any atom is 0.305 e. The summed E-state index contributed by atoms with van der Waals surface area (Å²) in [6, 6.07) is 0. The van der Waals surface area contributed by atoms with Gasteiger partial charge < -0.3 is 19.9 Å². The number of esters is 1. The van der Waals surface area contributed by atoms with Gasteiger partial charge in [0.05, 0.1) is 7.11 Å². The molecule has 0 spiro atoms. The average molecular weight is 476 g/mol. The first-order chi connectivity index (χ1) is 14.8. The zero-order valence-corrected chi connectivity index (χ0v) is 24.6. The van der Waals surface area contributed by atoms with Crippen LogP contribution in [0.15, 0.2) is 0 Å². The Labute approximate surface area is 206 Å². The van der Waals surface area contributed by atoms with Crippen molar-refractivity contribution in [3.63, 3.8) is 0 Å². The zero-order valence-electron chi connectivity index (χ0n) is 24.6. The van der Waals surface area contributed by atoms with Crippen LogP contribution in [0, 0.1) is 23.2 Å². The van der Waals surface area contributed by atoms with E-state index >= 15 is 0 Å². The van der Waals surface area contributed by atoms with Crippen molar-refractivity contribution in [2.45, 2.75) is 81.6 Å². The number of carbonyl (C=O) groups excluding carboxylic acids is 3. The molecule has 0 heterocycles. The van der Waals surface area contributed by atoms with Gasteiger partial charge in [0.2, 0.25) is 11.8 Å². The number of methoxy groups -OCH3 is 1. The van der Waals surface area contributed by atoms with Gasteiger partial charge in [-0.25, -0.2) is 0 Å². The van der Waals surface area contributed by atoms with E-state index in [1.165, 1.54) is 7.11 Å². The highest BCUT2D eigenvalue weighted by Crippen LogP contribution is 2.12. The van der Waals surface area contributed by atoms with Gasteiger partial charge >= 0.3 is 5.97 Å². The van der Waals surface area contributed by atoms with Crippen molar-refractivity contribution >= 4 is 17.8 Å². The first-order valence-corrected chi connectivity index (χ1v) is 11.9. The van der Waals surface area contributed by atoms with Crippen LogP contribution in [-0.4, -0.2) is 76.5 Å². The fourth-order valence-electron chi connectivity index (χ4n) is 2.37. The summed E-state index contributed by atoms with van der Waals surface area (Å²) in [6.45, 7) is 20.0. The third-order valence-electron chi connectivity index (χ3n) is 3.55. The van der Waals surface area contributed by atoms with Crippen LogP contribution in [0.1, 0.15) is 81.6 Å². The van der Waals surface area contributed by atoms with Crippen molar-refractivity contribution in [3.8, 4) is 0 Å². The molecule has 0 unspecified atom stereocenters. The quantitative estimate of drug-likeness (QED) is 0.540. The Hall–Kier alpha value is -1.63. The standard InChI is InChI=1S/C7H15NO.C7H17N.C6H13NO.C6H12O2/c1-6(2)5-7(9)8(3)4;1-7(2,3)6-8(4)5;1-5(2)4-6(8)7-3;1-5(2)4-6(7)8-3/h6H,5H2,1-4H3;6H2,1-5H3;5H,4H2,1-3H3,(H,7,8);5H,4H2,1-3H3. The molecule has 200 valence electrons. The zero-order chi connectivity index (χ0) is 27.4. The Morgan fingerprint density at radius 2 is 1.18 bits per heavy atom. The number of rotatable bonds is 7. The summed E-state index contributed by atoms with van der Waals surface area (Å²) in [5, 5.41) is 2.56. The van der Waals surface area contributed by atoms with Gasteiger partial charge in [-0.2, -0.15) is 0 Å². The molecule has 0 bridgehead atoms. The van der Waals surface area contributed by atoms with Crippen LogP contribution in [0.4, 0.5) is 0 Å². The molecule has 33 heavy (non-hydrogen) atoms. The van der Waals surface area contributed by atoms with Crippen LogP contribution in [0.5, 0.6) is 0 Å². The molecule has 0 rings (SSSR count). The minimum absolute atomic E-state index is 0.125. The summed E-state index contributed by atoms with van der Waals surface area (Å²) >= 11 is 0. The Bertz CT molecular complexity index is 472. The van der Waals surface area contributed by atoms with E-state index in [1.54, 1.807) is 26.0 Å². The molecule has 0 saturated heterocycles. The second kappa shape index (κ2) is 22.2. The van der Waals surface area contributed by atoms with E-state index in [0.717, 1.165) is 6.54 Å². The van der Waals surface area contributed by atoms with Gasteiger partial charge in [0.25, 0.3) is 0 Å². The molecule has 0 fully saturated rings. The van der Waals surface area contributed by atoms with Crippen molar-refractivity contribution in [2.75, 3.05) is 48.9 Å². The lowest BCUT2D eigenvalue weighted by Crippen LogP contribution is -2.25. The largest absolute Gasteiger partial charge is 0.469 e. The van der Waals surface area contributed by atoms with Crippen LogP contribution < -0.4 is 5.32 Å². The van der Waals surface area contributed by atoms with Gasteiger partial charge in [0, 0.05) is 47.0 Å². The maximum absolute atomic E-state index is 10.9. The predicted molar refractivity (Wildman–Crippen MR) is 141 cm³/mol. The van der Waals surface area contributed by atoms with E-state index < -0.39 is 0 Å². The molecular formula is C26H57N3O4. The number of ether oxygens (including phenoxy) is 1. The molecule has 0 aromatic rings. The van der Waals surface area contributed by atoms with Crippen molar-refractivity contribution in [2.24, 2.45) is 23.2 Å². The first-order valence-electron chi connectivity index (χ1n) is 11.9. The van der Waals surface area contributed by atoms with Crippen LogP contribution >= 0.6 is 0 Å². The van der Waals surface area contributed by atoms with Crippen molar-refractivity contribution in [3.05, 3.63) is 0 Å². The Morgan fingerprint density at radius 1 is 0.788 bits per heavy atom. The molecule has 1 N–H and O–H groups in total. The van der Waals surface area contributed by atoms with Crippen LogP contribution in [0.3, 0.4) is 0 Å². The second-order valence-electron chi connectivity index (χ2n) is 11.1. The Morgan fingerprint density at radius 3 is 1.27 bits per heavy atom. The highest BCUT2D eigenvalue weighted by Gasteiger charge is 2.09. The lowest BCUT2D eigenvalue weighted by atomic mass is 9.97. The molecule has 0 saturated carbocycles. The predicted octanol–water partition coefficient (Wildman–Crippen LogP) is 4.70. The molecule has 7 heteroatoms. The van der Waals surface area contributed by atoms with E-state index in [1.807, 2.05) is 41.5 Å². The molecule has 0 aromatic carbocycles. The first kappa shape index (κ1) is 38.6. The Balaban J connectivity index is -0.000000170. The fraction of sp³-hybridized carbons (Fsp3) is 0.885. The van der Waals surface area contributed by atoms with Crippen molar-refractivity contribution < 1.29 is 19.1 Å². The molecule has 0 aromatic heterocycles. The minimum atomic E-state index is -0.125. The van der Waals surface area contributed by atoms with Gasteiger partial charge in [-0.1, -0.05) is 62.3 Å². The number of amides is 2. The number of hydrogen-bond acceptors (Lipinski definition) is 5. The van der Waals surface area contributed by atoms with Crippen molar-refractivity contribution in [1.82, 2.24) is 15.1 Å². The topological polar surface area (TPSA) is 79.0 Å². The summed E-state index contributed by atoms with van der Waals surface area (Å²) in [5.41, 5.74) is 0.448. The molecular weight excluding hydrogens is 418 g/mol. The monoisotopic (exact) mass is 475 g/mol.